The van der Waals surface area contributed by atoms with E-state index in [2.05, 4.69) is 20.5 Å². The standard InChI is InChI=1S/C10H11N5O2/c1-5(16)13-9-3-8(11)7(4-12-9)10-15-14-6(2)17-10/h3-4H,1-2H3,(H3,11,12,13,16). The van der Waals surface area contributed by atoms with E-state index in [1.807, 2.05) is 0 Å². The van der Waals surface area contributed by atoms with Crippen LogP contribution in [0, 0.1) is 6.92 Å². The summed E-state index contributed by atoms with van der Waals surface area (Å²) in [6.45, 7) is 3.08. The fraction of sp³-hybridized carbons (Fsp3) is 0.200. The maximum absolute atomic E-state index is 10.8. The van der Waals surface area contributed by atoms with Gasteiger partial charge in [0.15, 0.2) is 0 Å². The molecule has 2 aromatic heterocycles. The lowest BCUT2D eigenvalue weighted by atomic mass is 10.2. The number of nitrogens with one attached hydrogen (secondary N) is 1. The number of aryl methyl sites for hydroxylation is 1. The first kappa shape index (κ1) is 11.1. The summed E-state index contributed by atoms with van der Waals surface area (Å²) in [6, 6.07) is 1.54. The Morgan fingerprint density at radius 1 is 1.47 bits per heavy atom. The molecule has 17 heavy (non-hydrogen) atoms. The molecule has 0 saturated heterocycles. The predicted octanol–water partition coefficient (Wildman–Crippen LogP) is 0.981. The average molecular weight is 233 g/mol. The third kappa shape index (κ3) is 2.39. The highest BCUT2D eigenvalue weighted by molar-refractivity contribution is 5.88. The number of carbonyl (C=O) groups excluding carboxylic acids is 1. The van der Waals surface area contributed by atoms with Gasteiger partial charge in [-0.05, 0) is 0 Å². The van der Waals surface area contributed by atoms with Crippen LogP contribution in [-0.4, -0.2) is 21.1 Å². The van der Waals surface area contributed by atoms with Crippen LogP contribution in [0.3, 0.4) is 0 Å². The number of nitrogen functional groups attached to an aromatic ring is 1. The van der Waals surface area contributed by atoms with E-state index in [1.165, 1.54) is 19.2 Å². The Labute approximate surface area is 97.1 Å². The van der Waals surface area contributed by atoms with E-state index < -0.39 is 0 Å². The summed E-state index contributed by atoms with van der Waals surface area (Å²) >= 11 is 0. The summed E-state index contributed by atoms with van der Waals surface area (Å²) in [4.78, 5) is 14.9. The first-order valence-electron chi connectivity index (χ1n) is 4.90. The first-order valence-corrected chi connectivity index (χ1v) is 4.90. The molecule has 0 aromatic carbocycles. The van der Waals surface area contributed by atoms with Crippen LogP contribution in [0.15, 0.2) is 16.7 Å². The quantitative estimate of drug-likeness (QED) is 0.800. The third-order valence-electron chi connectivity index (χ3n) is 2.00. The zero-order valence-corrected chi connectivity index (χ0v) is 9.39. The van der Waals surface area contributed by atoms with Crippen molar-refractivity contribution in [2.24, 2.45) is 0 Å². The normalized spacial score (nSPS) is 10.2. The number of amides is 1. The van der Waals surface area contributed by atoms with Crippen molar-refractivity contribution in [1.29, 1.82) is 0 Å². The van der Waals surface area contributed by atoms with Crippen LogP contribution in [0.25, 0.3) is 11.5 Å². The second-order valence-electron chi connectivity index (χ2n) is 3.46. The number of nitrogens with zero attached hydrogens (tertiary/aromatic N) is 3. The Hall–Kier alpha value is -2.44. The molecule has 3 N–H and O–H groups in total. The summed E-state index contributed by atoms with van der Waals surface area (Å²) in [5.74, 6) is 0.931. The van der Waals surface area contributed by atoms with Gasteiger partial charge in [-0.2, -0.15) is 0 Å². The van der Waals surface area contributed by atoms with Gasteiger partial charge in [-0.3, -0.25) is 4.79 Å². The molecule has 0 aliphatic rings. The van der Waals surface area contributed by atoms with Gasteiger partial charge in [0.05, 0.1) is 5.56 Å². The van der Waals surface area contributed by atoms with Crippen LogP contribution in [0.2, 0.25) is 0 Å². The van der Waals surface area contributed by atoms with Crippen LogP contribution >= 0.6 is 0 Å². The zero-order valence-electron chi connectivity index (χ0n) is 9.39. The third-order valence-corrected chi connectivity index (χ3v) is 2.00. The van der Waals surface area contributed by atoms with Crippen LogP contribution in [-0.2, 0) is 4.79 Å². The summed E-state index contributed by atoms with van der Waals surface area (Å²) < 4.78 is 5.24. The molecule has 2 aromatic rings. The lowest BCUT2D eigenvalue weighted by molar-refractivity contribution is -0.114. The molecule has 0 aliphatic carbocycles. The van der Waals surface area contributed by atoms with Crippen LogP contribution in [0.5, 0.6) is 0 Å². The molecule has 0 fully saturated rings. The lowest BCUT2D eigenvalue weighted by Crippen LogP contribution is -2.08. The van der Waals surface area contributed by atoms with Gasteiger partial charge in [0.1, 0.15) is 5.82 Å². The molecule has 0 aliphatic heterocycles. The maximum Gasteiger partial charge on any atom is 0.251 e. The highest BCUT2D eigenvalue weighted by Crippen LogP contribution is 2.25. The Morgan fingerprint density at radius 2 is 2.24 bits per heavy atom. The molecular weight excluding hydrogens is 222 g/mol. The van der Waals surface area contributed by atoms with Crippen LogP contribution in [0.4, 0.5) is 11.5 Å². The number of hydrogen-bond acceptors (Lipinski definition) is 6. The molecular formula is C10H11N5O2. The van der Waals surface area contributed by atoms with Gasteiger partial charge >= 0.3 is 0 Å². The Balaban J connectivity index is 2.34. The summed E-state index contributed by atoms with van der Waals surface area (Å²) in [7, 11) is 0. The number of nitrogens with two attached hydrogens (primary N) is 1. The van der Waals surface area contributed by atoms with Crippen molar-refractivity contribution in [3.8, 4) is 11.5 Å². The number of anilines is 2. The molecule has 0 unspecified atom stereocenters. The van der Waals surface area contributed by atoms with E-state index in [4.69, 9.17) is 10.2 Å². The highest BCUT2D eigenvalue weighted by Gasteiger charge is 2.11. The van der Waals surface area contributed by atoms with Crippen molar-refractivity contribution in [2.75, 3.05) is 11.1 Å². The largest absolute Gasteiger partial charge is 0.421 e. The maximum atomic E-state index is 10.8. The van der Waals surface area contributed by atoms with E-state index in [0.717, 1.165) is 0 Å². The van der Waals surface area contributed by atoms with Crippen molar-refractivity contribution in [1.82, 2.24) is 15.2 Å². The van der Waals surface area contributed by atoms with Gasteiger partial charge in [-0.25, -0.2) is 4.98 Å². The van der Waals surface area contributed by atoms with E-state index in [0.29, 0.717) is 28.9 Å². The topological polar surface area (TPSA) is 107 Å². The van der Waals surface area contributed by atoms with Crippen molar-refractivity contribution >= 4 is 17.4 Å². The van der Waals surface area contributed by atoms with Gasteiger partial charge < -0.3 is 15.5 Å². The van der Waals surface area contributed by atoms with Crippen LogP contribution in [0.1, 0.15) is 12.8 Å². The van der Waals surface area contributed by atoms with E-state index in [-0.39, 0.29) is 5.91 Å². The summed E-state index contributed by atoms with van der Waals surface area (Å²) in [5.41, 5.74) is 6.77. The highest BCUT2D eigenvalue weighted by atomic mass is 16.4. The molecule has 0 saturated carbocycles. The monoisotopic (exact) mass is 233 g/mol. The molecule has 0 spiro atoms. The Kier molecular flexibility index (Phi) is 2.73. The SMILES string of the molecule is CC(=O)Nc1cc(N)c(-c2nnc(C)o2)cn1. The van der Waals surface area contributed by atoms with Gasteiger partial charge in [-0.1, -0.05) is 0 Å². The number of carbonyl (C=O) groups is 1. The average Bonchev–Trinajstić information content (AvgIpc) is 2.64. The first-order chi connectivity index (χ1) is 8.06. The van der Waals surface area contributed by atoms with Crippen molar-refractivity contribution in [3.63, 3.8) is 0 Å². The van der Waals surface area contributed by atoms with Crippen molar-refractivity contribution < 1.29 is 9.21 Å². The molecule has 88 valence electrons. The Bertz CT molecular complexity index is 564. The zero-order chi connectivity index (χ0) is 12.4. The Morgan fingerprint density at radius 3 is 2.76 bits per heavy atom. The minimum atomic E-state index is -0.210. The molecule has 0 radical (unpaired) electrons. The van der Waals surface area contributed by atoms with Crippen LogP contribution < -0.4 is 11.1 Å². The second-order valence-corrected chi connectivity index (χ2v) is 3.46. The second kappa shape index (κ2) is 4.20. The van der Waals surface area contributed by atoms with Gasteiger partial charge in [-0.15, -0.1) is 10.2 Å². The fourth-order valence-electron chi connectivity index (χ4n) is 1.30. The molecule has 2 heterocycles. The lowest BCUT2D eigenvalue weighted by Gasteiger charge is -2.04. The number of rotatable bonds is 2. The van der Waals surface area contributed by atoms with E-state index in [1.54, 1.807) is 6.92 Å². The summed E-state index contributed by atoms with van der Waals surface area (Å²) in [6.07, 6.45) is 1.48. The molecule has 1 amide bonds. The number of aromatic nitrogens is 3. The predicted molar refractivity (Wildman–Crippen MR) is 61.0 cm³/mol. The van der Waals surface area contributed by atoms with E-state index in [9.17, 15) is 4.79 Å². The minimum absolute atomic E-state index is 0.210. The molecule has 7 heteroatoms. The smallest absolute Gasteiger partial charge is 0.251 e. The molecule has 7 nitrogen and oxygen atoms in total. The van der Waals surface area contributed by atoms with Gasteiger partial charge in [0.25, 0.3) is 5.89 Å². The number of hydrogen-bond donors (Lipinski definition) is 2. The van der Waals surface area contributed by atoms with Gasteiger partial charge in [0, 0.05) is 31.8 Å². The van der Waals surface area contributed by atoms with Crippen molar-refractivity contribution in [2.45, 2.75) is 13.8 Å². The molecule has 0 bridgehead atoms. The fourth-order valence-corrected chi connectivity index (χ4v) is 1.30. The van der Waals surface area contributed by atoms with Gasteiger partial charge in [0.2, 0.25) is 11.8 Å². The van der Waals surface area contributed by atoms with E-state index >= 15 is 0 Å². The molecule has 0 atom stereocenters. The minimum Gasteiger partial charge on any atom is -0.421 e. The summed E-state index contributed by atoms with van der Waals surface area (Å²) in [5, 5.41) is 10.1. The number of pyridine rings is 1. The van der Waals surface area contributed by atoms with Crippen molar-refractivity contribution in [3.05, 3.63) is 18.2 Å². The molecule has 2 rings (SSSR count).